The summed E-state index contributed by atoms with van der Waals surface area (Å²) in [7, 11) is 2.06. The molecule has 0 unspecified atom stereocenters. The highest BCUT2D eigenvalue weighted by Gasteiger charge is 2.08. The largest absolute Gasteiger partial charge is 0.308 e. The molecule has 1 aromatic heterocycles. The first-order chi connectivity index (χ1) is 7.52. The number of nitrogens with zero attached hydrogens (tertiary/aromatic N) is 2. The first kappa shape index (κ1) is 13.2. The second kappa shape index (κ2) is 6.03. The second-order valence-electron chi connectivity index (χ2n) is 4.36. The van der Waals surface area contributed by atoms with Gasteiger partial charge >= 0.3 is 0 Å². The van der Waals surface area contributed by atoms with Crippen LogP contribution in [0.3, 0.4) is 0 Å². The molecule has 0 spiro atoms. The predicted octanol–water partition coefficient (Wildman–Crippen LogP) is 2.11. The molecule has 0 bridgehead atoms. The Morgan fingerprint density at radius 3 is 2.75 bits per heavy atom. The van der Waals surface area contributed by atoms with Gasteiger partial charge in [0, 0.05) is 13.1 Å². The number of hydrogen-bond donors (Lipinski definition) is 2. The van der Waals surface area contributed by atoms with Crippen LogP contribution in [0.4, 0.5) is 5.82 Å². The molecule has 0 aromatic carbocycles. The van der Waals surface area contributed by atoms with Gasteiger partial charge in [0.15, 0.2) is 0 Å². The molecule has 0 aliphatic carbocycles. The summed E-state index contributed by atoms with van der Waals surface area (Å²) >= 11 is 6.08. The lowest BCUT2D eigenvalue weighted by Gasteiger charge is -2.19. The highest BCUT2D eigenvalue weighted by atomic mass is 35.5. The van der Waals surface area contributed by atoms with Crippen LogP contribution in [0.25, 0.3) is 0 Å². The zero-order valence-electron chi connectivity index (χ0n) is 10.00. The molecule has 0 fully saturated rings. The topological polar surface area (TPSA) is 54.2 Å². The lowest BCUT2D eigenvalue weighted by atomic mass is 10.2. The van der Waals surface area contributed by atoms with Crippen LogP contribution in [0, 0.1) is 5.92 Å². The zero-order valence-corrected chi connectivity index (χ0v) is 10.8. The van der Waals surface area contributed by atoms with Gasteiger partial charge in [0.1, 0.15) is 5.82 Å². The average molecular weight is 243 g/mol. The lowest BCUT2D eigenvalue weighted by Crippen LogP contribution is -2.23. The molecule has 0 aliphatic heterocycles. The van der Waals surface area contributed by atoms with Crippen molar-refractivity contribution < 1.29 is 0 Å². The molecule has 1 aromatic rings. The average Bonchev–Trinajstić information content (AvgIpc) is 2.20. The number of hydrazine groups is 1. The monoisotopic (exact) mass is 242 g/mol. The number of rotatable bonds is 5. The fourth-order valence-corrected chi connectivity index (χ4v) is 1.78. The summed E-state index contributed by atoms with van der Waals surface area (Å²) in [5.41, 5.74) is 3.37. The molecule has 3 N–H and O–H groups in total. The standard InChI is InChI=1S/C11H19ClN4/c1-8(2)6-16(3)7-10-9(12)4-5-11(14-10)15-13/h4-5,8H,6-7,13H2,1-3H3,(H,14,15). The molecule has 0 saturated carbocycles. The van der Waals surface area contributed by atoms with Crippen LogP contribution in [-0.2, 0) is 6.54 Å². The molecular weight excluding hydrogens is 224 g/mol. The number of nitrogens with one attached hydrogen (secondary N) is 1. The molecule has 16 heavy (non-hydrogen) atoms. The fraction of sp³-hybridized carbons (Fsp3) is 0.545. The maximum absolute atomic E-state index is 6.08. The Bertz CT molecular complexity index is 341. The molecule has 5 heteroatoms. The first-order valence-electron chi connectivity index (χ1n) is 5.33. The molecule has 0 atom stereocenters. The summed E-state index contributed by atoms with van der Waals surface area (Å²) < 4.78 is 0. The van der Waals surface area contributed by atoms with Crippen molar-refractivity contribution in [2.75, 3.05) is 19.0 Å². The van der Waals surface area contributed by atoms with Crippen LogP contribution in [-0.4, -0.2) is 23.5 Å². The van der Waals surface area contributed by atoms with Gasteiger partial charge in [0.25, 0.3) is 0 Å². The van der Waals surface area contributed by atoms with E-state index < -0.39 is 0 Å². The van der Waals surface area contributed by atoms with E-state index in [2.05, 4.69) is 36.2 Å². The number of nitrogen functional groups attached to an aromatic ring is 1. The molecule has 4 nitrogen and oxygen atoms in total. The number of pyridine rings is 1. The molecule has 1 rings (SSSR count). The summed E-state index contributed by atoms with van der Waals surface area (Å²) in [5, 5.41) is 0.676. The number of aromatic nitrogens is 1. The van der Waals surface area contributed by atoms with Crippen molar-refractivity contribution in [2.24, 2.45) is 11.8 Å². The molecular formula is C11H19ClN4. The Labute approximate surface area is 102 Å². The van der Waals surface area contributed by atoms with Crippen molar-refractivity contribution in [3.8, 4) is 0 Å². The molecule has 90 valence electrons. The Kier molecular flexibility index (Phi) is 4.99. The van der Waals surface area contributed by atoms with Gasteiger partial charge in [-0.25, -0.2) is 10.8 Å². The summed E-state index contributed by atoms with van der Waals surface area (Å²) in [4.78, 5) is 6.52. The molecule has 0 aliphatic rings. The van der Waals surface area contributed by atoms with E-state index in [9.17, 15) is 0 Å². The third kappa shape index (κ3) is 3.96. The molecule has 1 heterocycles. The third-order valence-corrected chi connectivity index (χ3v) is 2.51. The van der Waals surface area contributed by atoms with Crippen LogP contribution >= 0.6 is 11.6 Å². The number of halogens is 1. The Hall–Kier alpha value is -0.840. The third-order valence-electron chi connectivity index (χ3n) is 2.16. The number of hydrogen-bond acceptors (Lipinski definition) is 4. The van der Waals surface area contributed by atoms with Gasteiger partial charge in [0.05, 0.1) is 10.7 Å². The van der Waals surface area contributed by atoms with Crippen molar-refractivity contribution in [1.29, 1.82) is 0 Å². The van der Waals surface area contributed by atoms with Gasteiger partial charge in [-0.3, -0.25) is 0 Å². The van der Waals surface area contributed by atoms with E-state index in [0.717, 1.165) is 18.8 Å². The zero-order chi connectivity index (χ0) is 12.1. The van der Waals surface area contributed by atoms with Crippen molar-refractivity contribution >= 4 is 17.4 Å². The van der Waals surface area contributed by atoms with Gasteiger partial charge in [-0.05, 0) is 25.1 Å². The Morgan fingerprint density at radius 1 is 1.50 bits per heavy atom. The van der Waals surface area contributed by atoms with Crippen LogP contribution in [0.1, 0.15) is 19.5 Å². The minimum atomic E-state index is 0.625. The smallest absolute Gasteiger partial charge is 0.140 e. The number of nitrogens with two attached hydrogens (primary N) is 1. The van der Waals surface area contributed by atoms with Crippen LogP contribution < -0.4 is 11.3 Å². The molecule has 0 saturated heterocycles. The number of anilines is 1. The van der Waals surface area contributed by atoms with Gasteiger partial charge < -0.3 is 10.3 Å². The van der Waals surface area contributed by atoms with Gasteiger partial charge in [0.2, 0.25) is 0 Å². The van der Waals surface area contributed by atoms with Crippen LogP contribution in [0.15, 0.2) is 12.1 Å². The van der Waals surface area contributed by atoms with E-state index in [1.807, 2.05) is 6.07 Å². The highest BCUT2D eigenvalue weighted by Crippen LogP contribution is 2.17. The lowest BCUT2D eigenvalue weighted by molar-refractivity contribution is 0.285. The Balaban J connectivity index is 2.71. The fourth-order valence-electron chi connectivity index (χ4n) is 1.62. The summed E-state index contributed by atoms with van der Waals surface area (Å²) in [5.74, 6) is 6.57. The van der Waals surface area contributed by atoms with Crippen molar-refractivity contribution in [3.05, 3.63) is 22.8 Å². The highest BCUT2D eigenvalue weighted by molar-refractivity contribution is 6.31. The molecule has 0 amide bonds. The van der Waals surface area contributed by atoms with E-state index in [1.54, 1.807) is 6.07 Å². The summed E-state index contributed by atoms with van der Waals surface area (Å²) in [6, 6.07) is 3.57. The quantitative estimate of drug-likeness (QED) is 0.614. The second-order valence-corrected chi connectivity index (χ2v) is 4.77. The summed E-state index contributed by atoms with van der Waals surface area (Å²) in [6.07, 6.45) is 0. The van der Waals surface area contributed by atoms with E-state index in [-0.39, 0.29) is 0 Å². The molecule has 0 radical (unpaired) electrons. The maximum atomic E-state index is 6.08. The van der Waals surface area contributed by atoms with Gasteiger partial charge in [-0.15, -0.1) is 0 Å². The van der Waals surface area contributed by atoms with Gasteiger partial charge in [-0.2, -0.15) is 0 Å². The van der Waals surface area contributed by atoms with E-state index in [1.165, 1.54) is 0 Å². The SMILES string of the molecule is CC(C)CN(C)Cc1nc(NN)ccc1Cl. The van der Waals surface area contributed by atoms with Crippen LogP contribution in [0.5, 0.6) is 0 Å². The van der Waals surface area contributed by atoms with Crippen molar-refractivity contribution in [3.63, 3.8) is 0 Å². The predicted molar refractivity (Wildman–Crippen MR) is 68.2 cm³/mol. The van der Waals surface area contributed by atoms with E-state index >= 15 is 0 Å². The first-order valence-corrected chi connectivity index (χ1v) is 5.71. The Morgan fingerprint density at radius 2 is 2.19 bits per heavy atom. The van der Waals surface area contributed by atoms with Crippen LogP contribution in [0.2, 0.25) is 5.02 Å². The normalized spacial score (nSPS) is 11.2. The van der Waals surface area contributed by atoms with Gasteiger partial charge in [-0.1, -0.05) is 25.4 Å². The van der Waals surface area contributed by atoms with E-state index in [4.69, 9.17) is 17.4 Å². The maximum Gasteiger partial charge on any atom is 0.140 e. The summed E-state index contributed by atoms with van der Waals surface area (Å²) in [6.45, 7) is 6.11. The minimum absolute atomic E-state index is 0.625. The van der Waals surface area contributed by atoms with Crippen molar-refractivity contribution in [1.82, 2.24) is 9.88 Å². The van der Waals surface area contributed by atoms with Crippen molar-refractivity contribution in [2.45, 2.75) is 20.4 Å². The van der Waals surface area contributed by atoms with E-state index in [0.29, 0.717) is 16.8 Å². The minimum Gasteiger partial charge on any atom is -0.308 e.